The van der Waals surface area contributed by atoms with Gasteiger partial charge in [-0.1, -0.05) is 85.7 Å². The molecular formula is C56H83N11O12S2. The van der Waals surface area contributed by atoms with Crippen molar-refractivity contribution in [1.29, 1.82) is 0 Å². The van der Waals surface area contributed by atoms with E-state index in [9.17, 15) is 58.2 Å². The molecule has 0 aliphatic carbocycles. The minimum absolute atomic E-state index is 0.0359. The first-order valence-electron chi connectivity index (χ1n) is 27.5. The molecule has 9 amide bonds. The fourth-order valence-corrected chi connectivity index (χ4v) is 9.75. The summed E-state index contributed by atoms with van der Waals surface area (Å²) in [4.78, 5) is 141. The molecule has 23 nitrogen and oxygen atoms in total. The first-order valence-corrected chi connectivity index (χ1v) is 28.7. The van der Waals surface area contributed by atoms with Crippen molar-refractivity contribution in [3.8, 4) is 5.75 Å². The summed E-state index contributed by atoms with van der Waals surface area (Å²) in [5.41, 5.74) is 7.84. The highest BCUT2D eigenvalue weighted by molar-refractivity contribution is 7.80. The molecule has 13 N–H and O–H groups in total. The number of hydrogen-bond acceptors (Lipinski definition) is 14. The van der Waals surface area contributed by atoms with Crippen LogP contribution in [0.1, 0.15) is 98.6 Å². The highest BCUT2D eigenvalue weighted by Crippen LogP contribution is 2.23. The summed E-state index contributed by atoms with van der Waals surface area (Å²) >= 11 is 8.13. The maximum Gasteiger partial charge on any atom is 0.327 e. The molecule has 446 valence electrons. The molecule has 3 aromatic rings. The van der Waals surface area contributed by atoms with E-state index < -0.39 is 120 Å². The van der Waals surface area contributed by atoms with E-state index in [0.717, 1.165) is 10.9 Å². The number of fused-ring (bicyclic) bond motifs is 1. The summed E-state index contributed by atoms with van der Waals surface area (Å²) in [6.07, 6.45) is 2.58. The highest BCUT2D eigenvalue weighted by Gasteiger charge is 2.41. The smallest absolute Gasteiger partial charge is 0.327 e. The van der Waals surface area contributed by atoms with E-state index in [0.29, 0.717) is 17.5 Å². The largest absolute Gasteiger partial charge is 0.508 e. The number of nitrogens with one attached hydrogen (secondary N) is 9. The van der Waals surface area contributed by atoms with Gasteiger partial charge in [-0.15, -0.1) is 0 Å². The minimum Gasteiger partial charge on any atom is -0.508 e. The van der Waals surface area contributed by atoms with Crippen LogP contribution < -0.4 is 48.3 Å². The number of aliphatic carboxylic acids is 1. The third kappa shape index (κ3) is 20.6. The third-order valence-corrected chi connectivity index (χ3v) is 14.4. The number of H-pyrrole nitrogens is 1. The molecule has 9 atom stereocenters. The summed E-state index contributed by atoms with van der Waals surface area (Å²) in [5.74, 6) is -8.62. The Bertz CT molecular complexity index is 2670. The number of thiol groups is 2. The molecule has 0 saturated carbocycles. The van der Waals surface area contributed by atoms with Crippen LogP contribution >= 0.6 is 25.3 Å². The van der Waals surface area contributed by atoms with Crippen LogP contribution in [-0.4, -0.2) is 158 Å². The molecule has 0 bridgehead atoms. The standard InChI is InChI=1S/C56H83N11O12S2/c1-29(2)20-39(61-52(74)42(23-33-15-17-35(68)18-16-33)64-54(76)45-14-11-19-67(45)55(77)47(32(7)8)66-48(70)37(57)27-80)49(71)59-26-46(69)60-40(21-30(3)4)50(72)63-43(24-34-25-58-38-13-10-9-12-36(34)38)53(75)62-41(22-31(5)6)51(73)65-44(28-81)56(78)79/h9-10,12-13,15-18,25,29-32,37,39-45,47,58,68,80-81H,11,14,19-24,26-28,57H2,1-8H3,(H,59,71)(H,60,69)(H,61,74)(H,62,75)(H,63,72)(H,64,76)(H,65,73)(H,66,70)(H,78,79)/t37-,39-,40-,41-,42-,43-,44-,45-,47-/m0/s1. The summed E-state index contributed by atoms with van der Waals surface area (Å²) in [5, 5.41) is 41.7. The van der Waals surface area contributed by atoms with Crippen molar-refractivity contribution >= 4 is 95.3 Å². The zero-order chi connectivity index (χ0) is 60.2. The molecule has 1 aromatic heterocycles. The average Bonchev–Trinajstić information content (AvgIpc) is 4.07. The number of hydrogen-bond donors (Lipinski definition) is 14. The Hall–Kier alpha value is -6.86. The quantitative estimate of drug-likeness (QED) is 0.0404. The number of carbonyl (C=O) groups excluding carboxylic acids is 9. The fourth-order valence-electron chi connectivity index (χ4n) is 9.33. The molecular weight excluding hydrogens is 1080 g/mol. The molecule has 4 rings (SSSR count). The number of para-hydroxylation sites is 1. The zero-order valence-electron chi connectivity index (χ0n) is 47.4. The van der Waals surface area contributed by atoms with Crippen LogP contribution in [0, 0.1) is 23.7 Å². The number of amides is 9. The number of likely N-dealkylation sites (tertiary alicyclic amines) is 1. The van der Waals surface area contributed by atoms with Gasteiger partial charge in [-0.3, -0.25) is 43.2 Å². The van der Waals surface area contributed by atoms with Gasteiger partial charge in [0, 0.05) is 48.0 Å². The number of nitrogens with two attached hydrogens (primary N) is 1. The number of benzene rings is 2. The minimum atomic E-state index is -1.33. The lowest BCUT2D eigenvalue weighted by atomic mass is 9.99. The van der Waals surface area contributed by atoms with Gasteiger partial charge in [0.25, 0.3) is 0 Å². The average molecular weight is 1170 g/mol. The second-order valence-corrected chi connectivity index (χ2v) is 22.9. The molecule has 1 aliphatic heterocycles. The molecule has 1 fully saturated rings. The Kier molecular flexibility index (Phi) is 26.3. The van der Waals surface area contributed by atoms with E-state index in [1.54, 1.807) is 32.2 Å². The fraction of sp³-hybridized carbons (Fsp3) is 0.571. The second-order valence-electron chi connectivity index (χ2n) is 22.2. The number of carboxylic acids is 1. The van der Waals surface area contributed by atoms with Gasteiger partial charge in [0.15, 0.2) is 0 Å². The monoisotopic (exact) mass is 1170 g/mol. The molecule has 0 unspecified atom stereocenters. The number of carboxylic acid groups (broad SMARTS) is 1. The van der Waals surface area contributed by atoms with Crippen molar-refractivity contribution < 1.29 is 58.2 Å². The first-order chi connectivity index (χ1) is 38.2. The SMILES string of the molecule is CC(C)C[C@H](NC(=O)CNC(=O)[C@H](CC(C)C)NC(=O)[C@H](Cc1ccc(O)cc1)NC(=O)[C@@H]1CCCN1C(=O)[C@@H](NC(=O)[C@@H](N)CS)C(C)C)C(=O)N[C@@H](Cc1c[nH]c2ccccc12)C(=O)N[C@@H](CC(C)C)C(=O)N[C@@H](CS)C(=O)O. The molecule has 0 radical (unpaired) electrons. The molecule has 0 spiro atoms. The van der Waals surface area contributed by atoms with Crippen LogP contribution in [0.3, 0.4) is 0 Å². The van der Waals surface area contributed by atoms with Crippen LogP contribution in [-0.2, 0) is 60.8 Å². The van der Waals surface area contributed by atoms with Crippen LogP contribution in [0.5, 0.6) is 5.75 Å². The number of aromatic amines is 1. The van der Waals surface area contributed by atoms with E-state index in [-0.39, 0.29) is 86.0 Å². The van der Waals surface area contributed by atoms with E-state index in [1.807, 2.05) is 65.8 Å². The third-order valence-electron chi connectivity index (χ3n) is 13.6. The topological polar surface area (TPSA) is 352 Å². The van der Waals surface area contributed by atoms with Gasteiger partial charge in [0.1, 0.15) is 54.1 Å². The summed E-state index contributed by atoms with van der Waals surface area (Å²) < 4.78 is 0. The molecule has 2 aromatic carbocycles. The van der Waals surface area contributed by atoms with Crippen molar-refractivity contribution in [2.45, 2.75) is 155 Å². The summed E-state index contributed by atoms with van der Waals surface area (Å²) in [6.45, 7) is 14.0. The Morgan fingerprint density at radius 1 is 0.630 bits per heavy atom. The van der Waals surface area contributed by atoms with Crippen molar-refractivity contribution in [2.24, 2.45) is 29.4 Å². The van der Waals surface area contributed by atoms with Gasteiger partial charge in [-0.05, 0) is 85.1 Å². The predicted molar refractivity (Wildman–Crippen MR) is 312 cm³/mol. The zero-order valence-corrected chi connectivity index (χ0v) is 49.2. The summed E-state index contributed by atoms with van der Waals surface area (Å²) in [7, 11) is 0. The number of carbonyl (C=O) groups is 10. The Morgan fingerprint density at radius 2 is 1.15 bits per heavy atom. The molecule has 25 heteroatoms. The van der Waals surface area contributed by atoms with Gasteiger partial charge in [-0.25, -0.2) is 4.79 Å². The lowest BCUT2D eigenvalue weighted by molar-refractivity contribution is -0.143. The lowest BCUT2D eigenvalue weighted by Gasteiger charge is -2.32. The summed E-state index contributed by atoms with van der Waals surface area (Å²) in [6, 6.07) is 2.68. The first kappa shape index (κ1) is 66.7. The van der Waals surface area contributed by atoms with Gasteiger partial charge in [-0.2, -0.15) is 25.3 Å². The van der Waals surface area contributed by atoms with E-state index in [2.05, 4.69) is 72.8 Å². The van der Waals surface area contributed by atoms with Crippen molar-refractivity contribution in [3.63, 3.8) is 0 Å². The van der Waals surface area contributed by atoms with Crippen LogP contribution in [0.4, 0.5) is 0 Å². The molecule has 81 heavy (non-hydrogen) atoms. The molecule has 2 heterocycles. The number of aromatic nitrogens is 1. The Balaban J connectivity index is 1.53. The Labute approximate surface area is 484 Å². The van der Waals surface area contributed by atoms with E-state index >= 15 is 0 Å². The number of nitrogens with zero attached hydrogens (tertiary/aromatic N) is 1. The number of phenolic OH excluding ortho intramolecular Hbond substituents is 1. The van der Waals surface area contributed by atoms with E-state index in [4.69, 9.17) is 5.73 Å². The van der Waals surface area contributed by atoms with E-state index in [1.165, 1.54) is 17.0 Å². The van der Waals surface area contributed by atoms with Gasteiger partial charge >= 0.3 is 5.97 Å². The van der Waals surface area contributed by atoms with Gasteiger partial charge in [0.05, 0.1) is 12.6 Å². The Morgan fingerprint density at radius 3 is 1.69 bits per heavy atom. The van der Waals surface area contributed by atoms with Crippen LogP contribution in [0.25, 0.3) is 10.9 Å². The number of aromatic hydroxyl groups is 1. The second kappa shape index (κ2) is 32.0. The van der Waals surface area contributed by atoms with Crippen molar-refractivity contribution in [1.82, 2.24) is 52.4 Å². The maximum absolute atomic E-state index is 14.4. The van der Waals surface area contributed by atoms with Crippen LogP contribution in [0.2, 0.25) is 0 Å². The number of phenols is 1. The normalized spacial score (nSPS) is 16.3. The number of rotatable bonds is 31. The molecule has 1 aliphatic rings. The highest BCUT2D eigenvalue weighted by atomic mass is 32.1. The predicted octanol–water partition coefficient (Wildman–Crippen LogP) is 1.23. The lowest BCUT2D eigenvalue weighted by Crippen LogP contribution is -2.60. The van der Waals surface area contributed by atoms with Crippen molar-refractivity contribution in [3.05, 3.63) is 65.9 Å². The maximum atomic E-state index is 14.4. The van der Waals surface area contributed by atoms with Crippen molar-refractivity contribution in [2.75, 3.05) is 24.6 Å². The van der Waals surface area contributed by atoms with Crippen LogP contribution in [0.15, 0.2) is 54.7 Å². The van der Waals surface area contributed by atoms with Gasteiger partial charge < -0.3 is 68.4 Å². The molecule has 1 saturated heterocycles. The van der Waals surface area contributed by atoms with Gasteiger partial charge in [0.2, 0.25) is 53.2 Å².